The van der Waals surface area contributed by atoms with Crippen LogP contribution in [0.5, 0.6) is 0 Å². The Morgan fingerprint density at radius 1 is 1.21 bits per heavy atom. The lowest BCUT2D eigenvalue weighted by atomic mass is 9.93. The first kappa shape index (κ1) is 15.3. The van der Waals surface area contributed by atoms with Gasteiger partial charge in [-0.3, -0.25) is 9.78 Å². The fourth-order valence-corrected chi connectivity index (χ4v) is 4.33. The minimum atomic E-state index is -0.677. The largest absolute Gasteiger partial charge is 0.373 e. The van der Waals surface area contributed by atoms with Crippen molar-refractivity contribution in [3.05, 3.63) is 66.0 Å². The Labute approximate surface area is 142 Å². The number of carbonyl (C=O) groups excluding carboxylic acids is 1. The number of rotatable bonds is 5. The van der Waals surface area contributed by atoms with Crippen molar-refractivity contribution in [2.75, 3.05) is 6.54 Å². The monoisotopic (exact) mass is 322 g/mol. The maximum absolute atomic E-state index is 12.7. The molecule has 2 heterocycles. The van der Waals surface area contributed by atoms with Crippen LogP contribution in [0, 0.1) is 11.8 Å². The molecule has 1 N–H and O–H groups in total. The molecule has 1 amide bonds. The minimum absolute atomic E-state index is 0.00840. The van der Waals surface area contributed by atoms with Crippen molar-refractivity contribution >= 4 is 5.91 Å². The van der Waals surface area contributed by atoms with Gasteiger partial charge in [0.15, 0.2) is 0 Å². The Bertz CT molecular complexity index is 734. The number of carbonyl (C=O) groups is 1. The lowest BCUT2D eigenvalue weighted by molar-refractivity contribution is -0.138. The number of benzene rings is 1. The number of aryl methyl sites for hydroxylation is 1. The first-order valence-corrected chi connectivity index (χ1v) is 8.57. The van der Waals surface area contributed by atoms with Crippen molar-refractivity contribution in [1.29, 1.82) is 0 Å². The van der Waals surface area contributed by atoms with Crippen molar-refractivity contribution in [3.63, 3.8) is 0 Å². The van der Waals surface area contributed by atoms with Crippen LogP contribution in [0.25, 0.3) is 0 Å². The zero-order valence-electron chi connectivity index (χ0n) is 13.8. The Hall–Kier alpha value is -2.20. The summed E-state index contributed by atoms with van der Waals surface area (Å²) in [5, 5.41) is 10.6. The molecular formula is C20H22N2O2. The number of hydrogen-bond acceptors (Lipinski definition) is 3. The fraction of sp³-hybridized carbons (Fsp3) is 0.400. The number of fused-ring (bicyclic) bond motifs is 1. The number of aliphatic hydroxyl groups excluding tert-OH is 1. The lowest BCUT2D eigenvalue weighted by Gasteiger charge is -2.28. The van der Waals surface area contributed by atoms with Gasteiger partial charge in [0.25, 0.3) is 0 Å². The normalized spacial score (nSPS) is 31.2. The summed E-state index contributed by atoms with van der Waals surface area (Å²) in [7, 11) is 0. The van der Waals surface area contributed by atoms with Gasteiger partial charge in [-0.1, -0.05) is 43.3 Å². The van der Waals surface area contributed by atoms with Gasteiger partial charge in [0.1, 0.15) is 6.23 Å². The second-order valence-electron chi connectivity index (χ2n) is 7.06. The first-order chi connectivity index (χ1) is 11.6. The number of amides is 1. The Morgan fingerprint density at radius 2 is 2.00 bits per heavy atom. The predicted octanol–water partition coefficient (Wildman–Crippen LogP) is 2.38. The van der Waals surface area contributed by atoms with Gasteiger partial charge in [0.2, 0.25) is 5.91 Å². The van der Waals surface area contributed by atoms with Crippen LogP contribution in [0.2, 0.25) is 0 Å². The van der Waals surface area contributed by atoms with E-state index in [-0.39, 0.29) is 23.2 Å². The van der Waals surface area contributed by atoms with Crippen molar-refractivity contribution in [3.8, 4) is 0 Å². The molecule has 1 aromatic heterocycles. The van der Waals surface area contributed by atoms with E-state index in [9.17, 15) is 9.90 Å². The SMILES string of the molecule is CC1(c2cccnc2)C2C(=O)N(CCCc3ccccc3)C(O)C21. The third-order valence-electron chi connectivity index (χ3n) is 5.77. The second-order valence-corrected chi connectivity index (χ2v) is 7.06. The van der Waals surface area contributed by atoms with Gasteiger partial charge in [-0.2, -0.15) is 0 Å². The quantitative estimate of drug-likeness (QED) is 0.919. The smallest absolute Gasteiger partial charge is 0.229 e. The Balaban J connectivity index is 1.40. The van der Waals surface area contributed by atoms with Gasteiger partial charge in [-0.25, -0.2) is 0 Å². The number of nitrogens with zero attached hydrogens (tertiary/aromatic N) is 2. The van der Waals surface area contributed by atoms with E-state index in [0.717, 1.165) is 18.4 Å². The molecule has 2 aliphatic rings. The van der Waals surface area contributed by atoms with E-state index >= 15 is 0 Å². The van der Waals surface area contributed by atoms with Gasteiger partial charge in [0.05, 0.1) is 5.92 Å². The molecular weight excluding hydrogens is 300 g/mol. The van der Waals surface area contributed by atoms with Crippen molar-refractivity contribution in [2.45, 2.75) is 31.4 Å². The molecule has 0 spiro atoms. The van der Waals surface area contributed by atoms with Gasteiger partial charge >= 0.3 is 0 Å². The number of aromatic nitrogens is 1. The molecule has 1 saturated carbocycles. The lowest BCUT2D eigenvalue weighted by Crippen LogP contribution is -2.41. The molecule has 4 unspecified atom stereocenters. The number of pyridine rings is 1. The van der Waals surface area contributed by atoms with Crippen LogP contribution in [0.15, 0.2) is 54.9 Å². The zero-order chi connectivity index (χ0) is 16.7. The third kappa shape index (κ3) is 2.25. The van der Waals surface area contributed by atoms with Crippen LogP contribution in [-0.4, -0.2) is 33.7 Å². The summed E-state index contributed by atoms with van der Waals surface area (Å²) >= 11 is 0. The second kappa shape index (κ2) is 5.71. The van der Waals surface area contributed by atoms with Crippen molar-refractivity contribution in [2.24, 2.45) is 11.8 Å². The van der Waals surface area contributed by atoms with E-state index in [4.69, 9.17) is 0 Å². The number of piperidine rings is 1. The standard InChI is InChI=1S/C20H22N2O2/c1-20(15-10-5-11-21-13-15)16-17(20)19(24)22(18(16)23)12-6-9-14-7-3-2-4-8-14/h2-5,7-8,10-11,13,16-18,23H,6,9,12H2,1H3. The first-order valence-electron chi connectivity index (χ1n) is 8.57. The van der Waals surface area contributed by atoms with Crippen molar-refractivity contribution < 1.29 is 9.90 Å². The van der Waals surface area contributed by atoms with E-state index < -0.39 is 6.23 Å². The van der Waals surface area contributed by atoms with E-state index in [2.05, 4.69) is 24.0 Å². The molecule has 0 radical (unpaired) electrons. The highest BCUT2D eigenvalue weighted by molar-refractivity contribution is 5.88. The maximum Gasteiger partial charge on any atom is 0.229 e. The Morgan fingerprint density at radius 3 is 2.62 bits per heavy atom. The number of likely N-dealkylation sites (tertiary alicyclic amines) is 1. The highest BCUT2D eigenvalue weighted by atomic mass is 16.3. The van der Waals surface area contributed by atoms with Gasteiger partial charge in [-0.15, -0.1) is 0 Å². The summed E-state index contributed by atoms with van der Waals surface area (Å²) in [5.41, 5.74) is 2.06. The number of hydrogen-bond donors (Lipinski definition) is 1. The number of aliphatic hydroxyl groups is 1. The van der Waals surface area contributed by atoms with Gasteiger partial charge in [-0.05, 0) is 30.0 Å². The van der Waals surface area contributed by atoms with Gasteiger partial charge < -0.3 is 10.0 Å². The van der Waals surface area contributed by atoms with Crippen LogP contribution in [0.3, 0.4) is 0 Å². The molecule has 2 fully saturated rings. The summed E-state index contributed by atoms with van der Waals surface area (Å²) in [6, 6.07) is 14.1. The highest BCUT2D eigenvalue weighted by Gasteiger charge is 2.74. The van der Waals surface area contributed by atoms with Crippen LogP contribution in [-0.2, 0) is 16.6 Å². The maximum atomic E-state index is 12.7. The molecule has 24 heavy (non-hydrogen) atoms. The average molecular weight is 322 g/mol. The van der Waals surface area contributed by atoms with E-state index in [1.54, 1.807) is 11.1 Å². The molecule has 4 atom stereocenters. The summed E-state index contributed by atoms with van der Waals surface area (Å²) < 4.78 is 0. The van der Waals surface area contributed by atoms with E-state index in [0.29, 0.717) is 6.54 Å². The average Bonchev–Trinajstić information content (AvgIpc) is 3.17. The summed E-state index contributed by atoms with van der Waals surface area (Å²) in [5.74, 6) is -0.0220. The molecule has 1 saturated heterocycles. The molecule has 1 aromatic carbocycles. The highest BCUT2D eigenvalue weighted by Crippen LogP contribution is 2.65. The molecule has 1 aliphatic heterocycles. The summed E-state index contributed by atoms with van der Waals surface area (Å²) in [4.78, 5) is 18.6. The molecule has 0 bridgehead atoms. The predicted molar refractivity (Wildman–Crippen MR) is 91.1 cm³/mol. The Kier molecular flexibility index (Phi) is 3.65. The molecule has 4 nitrogen and oxygen atoms in total. The topological polar surface area (TPSA) is 53.4 Å². The van der Waals surface area contributed by atoms with Gasteiger partial charge in [0, 0.05) is 30.3 Å². The minimum Gasteiger partial charge on any atom is -0.373 e. The third-order valence-corrected chi connectivity index (χ3v) is 5.77. The van der Waals surface area contributed by atoms with Crippen LogP contribution in [0.4, 0.5) is 0 Å². The summed E-state index contributed by atoms with van der Waals surface area (Å²) in [6.45, 7) is 2.69. The zero-order valence-corrected chi connectivity index (χ0v) is 13.8. The molecule has 4 heteroatoms. The molecule has 2 aromatic rings. The van der Waals surface area contributed by atoms with Crippen LogP contribution >= 0.6 is 0 Å². The molecule has 124 valence electrons. The fourth-order valence-electron chi connectivity index (χ4n) is 4.33. The van der Waals surface area contributed by atoms with E-state index in [1.807, 2.05) is 36.5 Å². The van der Waals surface area contributed by atoms with Crippen LogP contribution in [0.1, 0.15) is 24.5 Å². The van der Waals surface area contributed by atoms with Crippen LogP contribution < -0.4 is 0 Å². The molecule has 1 aliphatic carbocycles. The van der Waals surface area contributed by atoms with Crippen molar-refractivity contribution in [1.82, 2.24) is 9.88 Å². The summed E-state index contributed by atoms with van der Waals surface area (Å²) in [6.07, 6.45) is 4.67. The van der Waals surface area contributed by atoms with E-state index in [1.165, 1.54) is 5.56 Å². The molecule has 4 rings (SSSR count).